The molecule has 0 unspecified atom stereocenters. The fraction of sp³-hybridized carbons (Fsp3) is 0.100. The number of hydrogen-bond acceptors (Lipinski definition) is 8. The molecule has 13 heteroatoms. The average molecular weight is 626 g/mol. The van der Waals surface area contributed by atoms with Crippen LogP contribution in [0.4, 0.5) is 18.9 Å². The molecule has 2 N–H and O–H groups in total. The number of ketones is 1. The third-order valence-corrected chi connectivity index (χ3v) is 8.80. The second-order valence-corrected chi connectivity index (χ2v) is 12.0. The number of hydrogen-bond donors (Lipinski definition) is 2. The maximum absolute atomic E-state index is 13.5. The van der Waals surface area contributed by atoms with Crippen LogP contribution in [-0.2, 0) is 31.8 Å². The van der Waals surface area contributed by atoms with Crippen LogP contribution in [0.1, 0.15) is 27.0 Å². The molecule has 43 heavy (non-hydrogen) atoms. The molecule has 220 valence electrons. The average Bonchev–Trinajstić information content (AvgIpc) is 3.54. The topological polar surface area (TPSA) is 114 Å². The Morgan fingerprint density at radius 2 is 1.65 bits per heavy atom. The van der Waals surface area contributed by atoms with Gasteiger partial charge in [0.05, 0.1) is 11.3 Å². The van der Waals surface area contributed by atoms with Gasteiger partial charge in [-0.1, -0.05) is 71.9 Å². The van der Waals surface area contributed by atoms with Crippen LogP contribution < -0.4 is 10.6 Å². The summed E-state index contributed by atoms with van der Waals surface area (Å²) in [5.41, 5.74) is 0.112. The van der Waals surface area contributed by atoms with Gasteiger partial charge in [0, 0.05) is 23.2 Å². The third-order valence-electron chi connectivity index (χ3n) is 6.33. The number of carbonyl (C=O) groups is 2. The zero-order valence-electron chi connectivity index (χ0n) is 22.0. The number of nitrogens with zero attached hydrogens (tertiary/aromatic N) is 1. The number of thiophene rings is 1. The summed E-state index contributed by atoms with van der Waals surface area (Å²) >= 11 is 0.947. The van der Waals surface area contributed by atoms with Crippen LogP contribution in [0.25, 0.3) is 0 Å². The van der Waals surface area contributed by atoms with Crippen molar-refractivity contribution >= 4 is 44.5 Å². The number of halogens is 3. The minimum atomic E-state index is -4.61. The number of nitrogens with one attached hydrogen (secondary N) is 2. The number of amides is 1. The Balaban J connectivity index is 1.47. The summed E-state index contributed by atoms with van der Waals surface area (Å²) in [4.78, 5) is 26.9. The predicted octanol–water partition coefficient (Wildman–Crippen LogP) is 5.80. The Morgan fingerprint density at radius 3 is 2.35 bits per heavy atom. The molecule has 1 aliphatic carbocycles. The Morgan fingerprint density at radius 1 is 0.930 bits per heavy atom. The molecule has 3 aromatic carbocycles. The number of anilines is 1. The largest absolute Gasteiger partial charge is 0.416 e. The fourth-order valence-corrected chi connectivity index (χ4v) is 5.97. The van der Waals surface area contributed by atoms with Crippen molar-refractivity contribution in [2.75, 3.05) is 5.32 Å². The maximum Gasteiger partial charge on any atom is 0.416 e. The molecule has 0 saturated carbocycles. The predicted molar refractivity (Wildman–Crippen MR) is 155 cm³/mol. The smallest absolute Gasteiger partial charge is 0.370 e. The highest BCUT2D eigenvalue weighted by molar-refractivity contribution is 7.88. The second-order valence-electron chi connectivity index (χ2n) is 9.32. The summed E-state index contributed by atoms with van der Waals surface area (Å²) < 4.78 is 69.8. The van der Waals surface area contributed by atoms with E-state index >= 15 is 0 Å². The van der Waals surface area contributed by atoms with Crippen LogP contribution >= 0.6 is 11.3 Å². The Bertz CT molecular complexity index is 1820. The van der Waals surface area contributed by atoms with Gasteiger partial charge in [0.15, 0.2) is 4.21 Å². The number of Topliss-reactive ketones (excluding diaryl/α,β-unsaturated/α-hetero) is 1. The minimum Gasteiger partial charge on any atom is -0.370 e. The van der Waals surface area contributed by atoms with Crippen LogP contribution in [0.3, 0.4) is 0 Å². The van der Waals surface area contributed by atoms with Crippen molar-refractivity contribution in [1.29, 1.82) is 0 Å². The van der Waals surface area contributed by atoms with E-state index in [1.54, 1.807) is 60.0 Å². The number of benzene rings is 3. The number of fused-ring (bicyclic) bond motifs is 1. The molecule has 0 aliphatic heterocycles. The Labute approximate surface area is 248 Å². The van der Waals surface area contributed by atoms with Gasteiger partial charge in [-0.3, -0.25) is 13.9 Å². The molecule has 0 spiro atoms. The van der Waals surface area contributed by atoms with Gasteiger partial charge in [0.2, 0.25) is 11.7 Å². The van der Waals surface area contributed by atoms with Crippen LogP contribution in [0.2, 0.25) is 0 Å². The number of oxime groups is 1. The van der Waals surface area contributed by atoms with Crippen molar-refractivity contribution in [2.45, 2.75) is 22.8 Å². The highest BCUT2D eigenvalue weighted by Crippen LogP contribution is 2.31. The van der Waals surface area contributed by atoms with Crippen LogP contribution in [-0.4, -0.2) is 31.9 Å². The van der Waals surface area contributed by atoms with Crippen LogP contribution in [0.15, 0.2) is 118 Å². The van der Waals surface area contributed by atoms with Gasteiger partial charge in [-0.25, -0.2) is 0 Å². The molecule has 1 aromatic heterocycles. The number of alkyl halides is 3. The van der Waals surface area contributed by atoms with E-state index in [0.29, 0.717) is 11.1 Å². The zero-order valence-corrected chi connectivity index (χ0v) is 23.7. The van der Waals surface area contributed by atoms with Crippen molar-refractivity contribution in [2.24, 2.45) is 5.16 Å². The van der Waals surface area contributed by atoms with Gasteiger partial charge in [-0.2, -0.15) is 21.6 Å². The van der Waals surface area contributed by atoms with Gasteiger partial charge in [0.25, 0.3) is 0 Å². The van der Waals surface area contributed by atoms with Crippen molar-refractivity contribution in [3.05, 3.63) is 130 Å². The molecule has 1 amide bonds. The normalized spacial score (nSPS) is 14.9. The summed E-state index contributed by atoms with van der Waals surface area (Å²) in [7, 11) is -4.22. The first kappa shape index (κ1) is 29.7. The lowest BCUT2D eigenvalue weighted by atomic mass is 9.91. The molecule has 0 saturated heterocycles. The number of allylic oxidation sites excluding steroid dienone is 2. The molecule has 4 aromatic rings. The summed E-state index contributed by atoms with van der Waals surface area (Å²) in [5.74, 6) is -1.20. The number of carbonyl (C=O) groups excluding carboxylic acids is 2. The molecule has 1 aliphatic rings. The maximum atomic E-state index is 13.5. The quantitative estimate of drug-likeness (QED) is 0.228. The van der Waals surface area contributed by atoms with Gasteiger partial charge in [-0.05, 0) is 41.3 Å². The lowest BCUT2D eigenvalue weighted by Crippen LogP contribution is -2.44. The van der Waals surface area contributed by atoms with E-state index in [-0.39, 0.29) is 33.3 Å². The molecule has 8 nitrogen and oxygen atoms in total. The zero-order chi connectivity index (χ0) is 30.6. The third kappa shape index (κ3) is 7.01. The van der Waals surface area contributed by atoms with E-state index in [1.165, 1.54) is 30.3 Å². The number of rotatable bonds is 9. The Hall–Kier alpha value is -4.75. The van der Waals surface area contributed by atoms with E-state index in [0.717, 1.165) is 23.5 Å². The van der Waals surface area contributed by atoms with Gasteiger partial charge in [0.1, 0.15) is 11.8 Å². The summed E-state index contributed by atoms with van der Waals surface area (Å²) in [6.07, 6.45) is -3.28. The van der Waals surface area contributed by atoms with Gasteiger partial charge < -0.3 is 10.6 Å². The summed E-state index contributed by atoms with van der Waals surface area (Å²) in [6, 6.07) is 21.1. The van der Waals surface area contributed by atoms with E-state index in [9.17, 15) is 31.2 Å². The lowest BCUT2D eigenvalue weighted by molar-refractivity contribution is -0.137. The van der Waals surface area contributed by atoms with E-state index in [4.69, 9.17) is 4.28 Å². The molecular formula is C30H22F3N3O5S2. The van der Waals surface area contributed by atoms with Crippen molar-refractivity contribution in [3.63, 3.8) is 0 Å². The van der Waals surface area contributed by atoms with Crippen molar-refractivity contribution < 1.29 is 35.5 Å². The standard InChI is InChI=1S/C30H22F3N3O5S2/c31-30(32,33)20-10-6-11-21(17-20)34-29(38)26(16-19-8-2-1-3-9-19)35-25-18-24(22-12-4-5-13-23(22)28(25)37)36-41-43(39,40)27-14-7-15-42-27/h1-15,17-18,26,35H,16H2,(H,34,38)/t26-/m1/s1. The molecule has 5 rings (SSSR count). The van der Waals surface area contributed by atoms with Crippen molar-refractivity contribution in [3.8, 4) is 0 Å². The van der Waals surface area contributed by atoms with Crippen LogP contribution in [0, 0.1) is 0 Å². The fourth-order valence-electron chi connectivity index (χ4n) is 4.29. The molecule has 1 atom stereocenters. The van der Waals surface area contributed by atoms with Gasteiger partial charge in [-0.15, -0.1) is 11.3 Å². The summed E-state index contributed by atoms with van der Waals surface area (Å²) in [5, 5.41) is 10.8. The van der Waals surface area contributed by atoms with E-state index < -0.39 is 39.6 Å². The second kappa shape index (κ2) is 12.2. The van der Waals surface area contributed by atoms with Crippen molar-refractivity contribution in [1.82, 2.24) is 5.32 Å². The molecule has 0 radical (unpaired) electrons. The molecule has 0 fully saturated rings. The minimum absolute atomic E-state index is 0.00887. The first-order valence-electron chi connectivity index (χ1n) is 12.7. The monoisotopic (exact) mass is 625 g/mol. The van der Waals surface area contributed by atoms with E-state index in [1.807, 2.05) is 0 Å². The first-order valence-corrected chi connectivity index (χ1v) is 15.0. The molecule has 0 bridgehead atoms. The lowest BCUT2D eigenvalue weighted by Gasteiger charge is -2.24. The highest BCUT2D eigenvalue weighted by atomic mass is 32.3. The first-order chi connectivity index (χ1) is 20.5. The highest BCUT2D eigenvalue weighted by Gasteiger charge is 2.32. The Kier molecular flexibility index (Phi) is 8.46. The van der Waals surface area contributed by atoms with E-state index in [2.05, 4.69) is 15.8 Å². The van der Waals surface area contributed by atoms with Crippen LogP contribution in [0.5, 0.6) is 0 Å². The molecule has 1 heterocycles. The van der Waals surface area contributed by atoms with Gasteiger partial charge >= 0.3 is 16.3 Å². The SMILES string of the molecule is O=C1C(N[C@H](Cc2ccccc2)C(=O)Nc2cccc(C(F)(F)F)c2)=CC(=NOS(=O)(=O)c2cccs2)c2ccccc21. The molecular weight excluding hydrogens is 603 g/mol. The summed E-state index contributed by atoms with van der Waals surface area (Å²) in [6.45, 7) is 0.